The van der Waals surface area contributed by atoms with Gasteiger partial charge in [-0.05, 0) is 60.7 Å². The van der Waals surface area contributed by atoms with E-state index in [9.17, 15) is 22.8 Å². The summed E-state index contributed by atoms with van der Waals surface area (Å²) in [6.45, 7) is 1.78. The lowest BCUT2D eigenvalue weighted by molar-refractivity contribution is -0.137. The molecular formula is C25H19F3N4O4. The maximum absolute atomic E-state index is 12.9. The molecule has 0 bridgehead atoms. The van der Waals surface area contributed by atoms with Crippen molar-refractivity contribution >= 4 is 23.2 Å². The lowest BCUT2D eigenvalue weighted by Crippen LogP contribution is -2.15. The zero-order valence-electron chi connectivity index (χ0n) is 18.8. The Morgan fingerprint density at radius 3 is 2.17 bits per heavy atom. The summed E-state index contributed by atoms with van der Waals surface area (Å²) in [6.07, 6.45) is -4.53. The number of halogens is 3. The van der Waals surface area contributed by atoms with Gasteiger partial charge in [-0.1, -0.05) is 17.3 Å². The first-order valence-corrected chi connectivity index (χ1v) is 10.6. The summed E-state index contributed by atoms with van der Waals surface area (Å²) in [4.78, 5) is 29.2. The molecule has 0 radical (unpaired) electrons. The highest BCUT2D eigenvalue weighted by atomic mass is 19.4. The SMILES string of the molecule is Cc1nc(COc2ccc(C(=O)Nc3cccc(C(=O)Nc4cccc(C(F)(F)F)c4)c3)cc2)no1. The van der Waals surface area contributed by atoms with Gasteiger partial charge in [0.2, 0.25) is 11.7 Å². The number of nitrogens with zero attached hydrogens (tertiary/aromatic N) is 2. The predicted octanol–water partition coefficient (Wildman–Crippen LogP) is 5.48. The van der Waals surface area contributed by atoms with Gasteiger partial charge in [0.25, 0.3) is 11.8 Å². The monoisotopic (exact) mass is 496 g/mol. The second-order valence-electron chi connectivity index (χ2n) is 7.61. The second kappa shape index (κ2) is 10.3. The maximum Gasteiger partial charge on any atom is 0.416 e. The van der Waals surface area contributed by atoms with Crippen LogP contribution in [0.5, 0.6) is 5.75 Å². The highest BCUT2D eigenvalue weighted by Crippen LogP contribution is 2.30. The van der Waals surface area contributed by atoms with Crippen LogP contribution < -0.4 is 15.4 Å². The lowest BCUT2D eigenvalue weighted by Gasteiger charge is -2.11. The Morgan fingerprint density at radius 1 is 0.889 bits per heavy atom. The summed E-state index contributed by atoms with van der Waals surface area (Å²) in [7, 11) is 0. The average Bonchev–Trinajstić information content (AvgIpc) is 3.28. The van der Waals surface area contributed by atoms with Crippen LogP contribution in [0.25, 0.3) is 0 Å². The van der Waals surface area contributed by atoms with E-state index in [1.54, 1.807) is 43.3 Å². The van der Waals surface area contributed by atoms with Crippen molar-refractivity contribution in [1.82, 2.24) is 10.1 Å². The Labute approximate surface area is 203 Å². The number of amides is 2. The molecule has 184 valence electrons. The van der Waals surface area contributed by atoms with Crippen molar-refractivity contribution in [3.05, 3.63) is 101 Å². The Kier molecular flexibility index (Phi) is 7.00. The van der Waals surface area contributed by atoms with Crippen LogP contribution >= 0.6 is 0 Å². The number of benzene rings is 3. The van der Waals surface area contributed by atoms with Gasteiger partial charge < -0.3 is 19.9 Å². The van der Waals surface area contributed by atoms with Crippen LogP contribution in [-0.4, -0.2) is 22.0 Å². The molecule has 4 rings (SSSR count). The van der Waals surface area contributed by atoms with Gasteiger partial charge in [-0.15, -0.1) is 0 Å². The van der Waals surface area contributed by atoms with Crippen molar-refractivity contribution < 1.29 is 32.0 Å². The fourth-order valence-corrected chi connectivity index (χ4v) is 3.17. The topological polar surface area (TPSA) is 106 Å². The summed E-state index contributed by atoms with van der Waals surface area (Å²) in [5.74, 6) is 0.279. The average molecular weight is 496 g/mol. The number of carbonyl (C=O) groups is 2. The van der Waals surface area contributed by atoms with Crippen LogP contribution in [0.3, 0.4) is 0 Å². The first-order valence-electron chi connectivity index (χ1n) is 10.6. The maximum atomic E-state index is 12.9. The normalized spacial score (nSPS) is 11.1. The van der Waals surface area contributed by atoms with Crippen LogP contribution in [0.2, 0.25) is 0 Å². The number of hydrogen-bond donors (Lipinski definition) is 2. The van der Waals surface area contributed by atoms with Crippen molar-refractivity contribution in [2.45, 2.75) is 19.7 Å². The van der Waals surface area contributed by atoms with Gasteiger partial charge in [-0.3, -0.25) is 9.59 Å². The van der Waals surface area contributed by atoms with E-state index in [0.29, 0.717) is 28.7 Å². The van der Waals surface area contributed by atoms with Crippen LogP contribution in [-0.2, 0) is 12.8 Å². The number of aromatic nitrogens is 2. The van der Waals surface area contributed by atoms with Crippen LogP contribution in [0, 0.1) is 6.92 Å². The Balaban J connectivity index is 1.37. The molecule has 36 heavy (non-hydrogen) atoms. The molecule has 0 aliphatic heterocycles. The Hall–Kier alpha value is -4.67. The highest BCUT2D eigenvalue weighted by molar-refractivity contribution is 6.07. The molecular weight excluding hydrogens is 477 g/mol. The fraction of sp³-hybridized carbons (Fsp3) is 0.120. The molecule has 2 N–H and O–H groups in total. The minimum Gasteiger partial charge on any atom is -0.485 e. The molecule has 11 heteroatoms. The second-order valence-corrected chi connectivity index (χ2v) is 7.61. The molecule has 0 aliphatic carbocycles. The third-order valence-electron chi connectivity index (χ3n) is 4.88. The van der Waals surface area contributed by atoms with E-state index in [1.165, 1.54) is 24.3 Å². The van der Waals surface area contributed by atoms with Crippen molar-refractivity contribution in [2.75, 3.05) is 10.6 Å². The van der Waals surface area contributed by atoms with Gasteiger partial charge in [-0.25, -0.2) is 0 Å². The van der Waals surface area contributed by atoms with Crippen molar-refractivity contribution in [1.29, 1.82) is 0 Å². The minimum absolute atomic E-state index is 0.000962. The molecule has 3 aromatic carbocycles. The van der Waals surface area contributed by atoms with E-state index in [2.05, 4.69) is 20.8 Å². The Morgan fingerprint density at radius 2 is 1.53 bits per heavy atom. The summed E-state index contributed by atoms with van der Waals surface area (Å²) < 4.78 is 49.1. The summed E-state index contributed by atoms with van der Waals surface area (Å²) in [5, 5.41) is 8.85. The quantitative estimate of drug-likeness (QED) is 0.351. The molecule has 0 atom stereocenters. The largest absolute Gasteiger partial charge is 0.485 e. The smallest absolute Gasteiger partial charge is 0.416 e. The third kappa shape index (κ3) is 6.26. The first kappa shape index (κ1) is 24.5. The zero-order chi connectivity index (χ0) is 25.7. The van der Waals surface area contributed by atoms with E-state index in [-0.39, 0.29) is 17.9 Å². The molecule has 0 aliphatic rings. The predicted molar refractivity (Wildman–Crippen MR) is 124 cm³/mol. The standard InChI is InChI=1S/C25H19F3N4O4/c1-15-29-22(32-36-15)14-35-21-10-8-16(9-11-21)23(33)30-19-6-2-4-17(12-19)24(34)31-20-7-3-5-18(13-20)25(26,27)28/h2-13H,14H2,1H3,(H,30,33)(H,31,34). The molecule has 0 fully saturated rings. The van der Waals surface area contributed by atoms with Gasteiger partial charge >= 0.3 is 6.18 Å². The van der Waals surface area contributed by atoms with E-state index in [0.717, 1.165) is 12.1 Å². The molecule has 8 nitrogen and oxygen atoms in total. The van der Waals surface area contributed by atoms with E-state index < -0.39 is 23.6 Å². The number of carbonyl (C=O) groups excluding carboxylic acids is 2. The third-order valence-corrected chi connectivity index (χ3v) is 4.88. The van der Waals surface area contributed by atoms with Crippen molar-refractivity contribution in [3.63, 3.8) is 0 Å². The minimum atomic E-state index is -4.53. The molecule has 0 spiro atoms. The fourth-order valence-electron chi connectivity index (χ4n) is 3.17. The molecule has 1 heterocycles. The highest BCUT2D eigenvalue weighted by Gasteiger charge is 2.30. The van der Waals surface area contributed by atoms with Gasteiger partial charge in [0, 0.05) is 29.4 Å². The van der Waals surface area contributed by atoms with Crippen molar-refractivity contribution in [2.24, 2.45) is 0 Å². The van der Waals surface area contributed by atoms with Crippen LogP contribution in [0.4, 0.5) is 24.5 Å². The Bertz CT molecular complexity index is 1380. The molecule has 2 amide bonds. The molecule has 4 aromatic rings. The molecule has 0 saturated carbocycles. The van der Waals surface area contributed by atoms with E-state index in [4.69, 9.17) is 9.26 Å². The molecule has 0 unspecified atom stereocenters. The number of aryl methyl sites for hydroxylation is 1. The lowest BCUT2D eigenvalue weighted by atomic mass is 10.1. The van der Waals surface area contributed by atoms with Crippen LogP contribution in [0.15, 0.2) is 77.3 Å². The number of rotatable bonds is 7. The van der Waals surface area contributed by atoms with E-state index >= 15 is 0 Å². The summed E-state index contributed by atoms with van der Waals surface area (Å²) in [6, 6.07) is 16.7. The van der Waals surface area contributed by atoms with Gasteiger partial charge in [-0.2, -0.15) is 18.2 Å². The zero-order valence-corrected chi connectivity index (χ0v) is 18.8. The number of anilines is 2. The summed E-state index contributed by atoms with van der Waals surface area (Å²) in [5.41, 5.74) is -0.0320. The van der Waals surface area contributed by atoms with Gasteiger partial charge in [0.05, 0.1) is 5.56 Å². The van der Waals surface area contributed by atoms with Crippen molar-refractivity contribution in [3.8, 4) is 5.75 Å². The van der Waals surface area contributed by atoms with Gasteiger partial charge in [0.1, 0.15) is 5.75 Å². The number of nitrogens with one attached hydrogen (secondary N) is 2. The molecule has 1 aromatic heterocycles. The number of hydrogen-bond acceptors (Lipinski definition) is 6. The summed E-state index contributed by atoms with van der Waals surface area (Å²) >= 11 is 0. The first-order chi connectivity index (χ1) is 17.2. The van der Waals surface area contributed by atoms with E-state index in [1.807, 2.05) is 0 Å². The molecule has 0 saturated heterocycles. The van der Waals surface area contributed by atoms with Gasteiger partial charge in [0.15, 0.2) is 6.61 Å². The number of ether oxygens (including phenoxy) is 1. The van der Waals surface area contributed by atoms with Crippen LogP contribution in [0.1, 0.15) is 38.0 Å². The number of alkyl halides is 3.